The molecule has 1 fully saturated rings. The summed E-state index contributed by atoms with van der Waals surface area (Å²) in [6.45, 7) is 9.72. The molecule has 3 aromatic rings. The third kappa shape index (κ3) is 4.34. The van der Waals surface area contributed by atoms with Gasteiger partial charge in [0.2, 0.25) is 18.4 Å². The Kier molecular flexibility index (Phi) is 7.25. The monoisotopic (exact) mass is 647 g/mol. The third-order valence-electron chi connectivity index (χ3n) is 11.4. The number of amides is 1. The minimum atomic E-state index is -2.59. The molecular formula is C40H41NO7. The maximum absolute atomic E-state index is 14.9. The zero-order valence-electron chi connectivity index (χ0n) is 28.0. The second kappa shape index (κ2) is 10.9. The van der Waals surface area contributed by atoms with E-state index >= 15 is 0 Å². The molecule has 4 N–H and O–H groups in total. The fraction of sp³-hybridized carbons (Fsp3) is 0.375. The van der Waals surface area contributed by atoms with Crippen LogP contribution in [-0.2, 0) is 27.2 Å². The Balaban J connectivity index is 1.41. The highest BCUT2D eigenvalue weighted by Gasteiger charge is 2.72. The van der Waals surface area contributed by atoms with Crippen molar-refractivity contribution in [3.63, 3.8) is 0 Å². The number of rotatable bonds is 6. The lowest BCUT2D eigenvalue weighted by Crippen LogP contribution is -2.71. The van der Waals surface area contributed by atoms with E-state index in [0.29, 0.717) is 41.9 Å². The lowest BCUT2D eigenvalue weighted by Gasteiger charge is -2.60. The molecule has 8 heteroatoms. The fourth-order valence-electron chi connectivity index (χ4n) is 9.59. The van der Waals surface area contributed by atoms with E-state index < -0.39 is 39.8 Å². The van der Waals surface area contributed by atoms with Crippen molar-refractivity contribution in [2.45, 2.75) is 65.9 Å². The van der Waals surface area contributed by atoms with Crippen molar-refractivity contribution in [2.75, 3.05) is 6.79 Å². The molecule has 0 spiro atoms. The number of aryl methyl sites for hydroxylation is 2. The zero-order chi connectivity index (χ0) is 34.3. The Morgan fingerprint density at radius 3 is 2.38 bits per heavy atom. The standard InChI is InChI=1S/C40H41NO7/c1-21(2)32-26(15-12-23-9-7-6-8-10-23)31(37(41)45)35(43)40(46)36(44)33-34(42)30-22(3)11-14-25(24-13-16-28-29(17-24)48-20-47-28)27(30)18-38(33,4)19-39(32,40)5/h6-11,13-14,16-17,21,32,42,46H,12,15,18-20H2,1-5H3,(H2,41,45). The van der Waals surface area contributed by atoms with E-state index in [1.807, 2.05) is 88.4 Å². The molecule has 1 heterocycles. The highest BCUT2D eigenvalue weighted by atomic mass is 16.7. The number of hydrogen-bond acceptors (Lipinski definition) is 7. The van der Waals surface area contributed by atoms with Crippen molar-refractivity contribution in [1.82, 2.24) is 0 Å². The van der Waals surface area contributed by atoms with Gasteiger partial charge in [-0.3, -0.25) is 14.4 Å². The highest BCUT2D eigenvalue weighted by Crippen LogP contribution is 2.65. The summed E-state index contributed by atoms with van der Waals surface area (Å²) in [4.78, 5) is 42.5. The highest BCUT2D eigenvalue weighted by molar-refractivity contribution is 6.33. The van der Waals surface area contributed by atoms with Gasteiger partial charge in [-0.05, 0) is 90.0 Å². The smallest absolute Gasteiger partial charge is 0.252 e. The second-order valence-corrected chi connectivity index (χ2v) is 14.7. The lowest BCUT2D eigenvalue weighted by molar-refractivity contribution is -0.180. The van der Waals surface area contributed by atoms with Crippen LogP contribution in [0.5, 0.6) is 11.5 Å². The fourth-order valence-corrected chi connectivity index (χ4v) is 9.59. The Bertz CT molecular complexity index is 1970. The Morgan fingerprint density at radius 1 is 0.979 bits per heavy atom. The minimum Gasteiger partial charge on any atom is -0.507 e. The zero-order valence-corrected chi connectivity index (χ0v) is 28.0. The lowest BCUT2D eigenvalue weighted by atomic mass is 9.42. The number of fused-ring (bicyclic) bond motifs is 4. The van der Waals surface area contributed by atoms with Gasteiger partial charge in [0.05, 0.1) is 5.57 Å². The van der Waals surface area contributed by atoms with E-state index in [-0.39, 0.29) is 36.0 Å². The van der Waals surface area contributed by atoms with Crippen molar-refractivity contribution < 1.29 is 34.1 Å². The summed E-state index contributed by atoms with van der Waals surface area (Å²) >= 11 is 0. The van der Waals surface area contributed by atoms with Crippen LogP contribution < -0.4 is 15.2 Å². The van der Waals surface area contributed by atoms with E-state index in [9.17, 15) is 24.6 Å². The number of allylic oxidation sites excluding steroid dienone is 1. The first-order valence-corrected chi connectivity index (χ1v) is 16.6. The summed E-state index contributed by atoms with van der Waals surface area (Å²) in [6, 6.07) is 19.4. The van der Waals surface area contributed by atoms with Crippen molar-refractivity contribution in [3.05, 3.63) is 99.6 Å². The molecule has 1 aliphatic heterocycles. The van der Waals surface area contributed by atoms with E-state index in [0.717, 1.165) is 27.8 Å². The molecule has 0 bridgehead atoms. The van der Waals surface area contributed by atoms with Crippen LogP contribution in [0, 0.1) is 29.6 Å². The summed E-state index contributed by atoms with van der Waals surface area (Å²) in [6.07, 6.45) is 1.53. The van der Waals surface area contributed by atoms with Crippen LogP contribution >= 0.6 is 0 Å². The predicted molar refractivity (Wildman–Crippen MR) is 181 cm³/mol. The van der Waals surface area contributed by atoms with Crippen LogP contribution in [0.3, 0.4) is 0 Å². The summed E-state index contributed by atoms with van der Waals surface area (Å²) < 4.78 is 11.2. The number of ether oxygens (including phenoxy) is 2. The van der Waals surface area contributed by atoms with Crippen molar-refractivity contribution >= 4 is 23.2 Å². The Hall–Kier alpha value is -4.69. The predicted octanol–water partition coefficient (Wildman–Crippen LogP) is 6.20. The van der Waals surface area contributed by atoms with Gasteiger partial charge in [0.15, 0.2) is 17.1 Å². The number of hydrogen-bond donors (Lipinski definition) is 3. The average molecular weight is 648 g/mol. The average Bonchev–Trinajstić information content (AvgIpc) is 3.50. The van der Waals surface area contributed by atoms with E-state index in [2.05, 4.69) is 0 Å². The molecule has 0 radical (unpaired) electrons. The molecule has 7 rings (SSSR count). The van der Waals surface area contributed by atoms with Crippen LogP contribution in [0.2, 0.25) is 0 Å². The van der Waals surface area contributed by atoms with Gasteiger partial charge >= 0.3 is 0 Å². The van der Waals surface area contributed by atoms with Crippen LogP contribution in [-0.4, -0.2) is 40.1 Å². The van der Waals surface area contributed by atoms with Crippen LogP contribution in [0.4, 0.5) is 0 Å². The number of benzene rings is 3. The van der Waals surface area contributed by atoms with Crippen LogP contribution in [0.1, 0.15) is 62.8 Å². The molecule has 248 valence electrons. The quantitative estimate of drug-likeness (QED) is 0.214. The normalized spacial score (nSPS) is 27.6. The summed E-state index contributed by atoms with van der Waals surface area (Å²) in [5, 5.41) is 24.7. The van der Waals surface area contributed by atoms with E-state index in [1.165, 1.54) is 0 Å². The molecule has 4 aliphatic rings. The van der Waals surface area contributed by atoms with Gasteiger partial charge in [-0.1, -0.05) is 76.2 Å². The largest absolute Gasteiger partial charge is 0.507 e. The SMILES string of the molecule is Cc1ccc(-c2ccc3c(c2)OCO3)c2c1C(O)=C1C(=O)C3(O)C(=O)C(C(N)=O)=C(CCc4ccccc4)C(C(C)C)C3(C)CC1(C)C2. The van der Waals surface area contributed by atoms with Gasteiger partial charge in [-0.25, -0.2) is 0 Å². The molecule has 0 saturated heterocycles. The molecule has 4 atom stereocenters. The number of primary amides is 1. The molecule has 48 heavy (non-hydrogen) atoms. The van der Waals surface area contributed by atoms with Crippen LogP contribution in [0.15, 0.2) is 77.4 Å². The van der Waals surface area contributed by atoms with Gasteiger partial charge in [0.25, 0.3) is 5.91 Å². The molecule has 1 amide bonds. The first kappa shape index (κ1) is 31.9. The van der Waals surface area contributed by atoms with Crippen molar-refractivity contribution in [2.24, 2.45) is 28.4 Å². The Labute approximate surface area is 280 Å². The van der Waals surface area contributed by atoms with Gasteiger partial charge in [-0.2, -0.15) is 0 Å². The van der Waals surface area contributed by atoms with E-state index in [4.69, 9.17) is 15.2 Å². The number of aliphatic hydroxyl groups excluding tert-OH is 1. The topological polar surface area (TPSA) is 136 Å². The number of carbonyl (C=O) groups is 3. The number of aliphatic hydroxyl groups is 2. The molecule has 1 saturated carbocycles. The van der Waals surface area contributed by atoms with Gasteiger partial charge in [0, 0.05) is 22.0 Å². The van der Waals surface area contributed by atoms with Crippen molar-refractivity contribution in [3.8, 4) is 22.6 Å². The summed E-state index contributed by atoms with van der Waals surface area (Å²) in [5.74, 6) is -2.41. The van der Waals surface area contributed by atoms with E-state index in [1.54, 1.807) is 6.92 Å². The van der Waals surface area contributed by atoms with Gasteiger partial charge in [-0.15, -0.1) is 0 Å². The minimum absolute atomic E-state index is 0.0216. The maximum atomic E-state index is 14.9. The Morgan fingerprint density at radius 2 is 1.69 bits per heavy atom. The molecule has 8 nitrogen and oxygen atoms in total. The van der Waals surface area contributed by atoms with Crippen molar-refractivity contribution in [1.29, 1.82) is 0 Å². The summed E-state index contributed by atoms with van der Waals surface area (Å²) in [7, 11) is 0. The molecule has 3 aliphatic carbocycles. The maximum Gasteiger partial charge on any atom is 0.252 e. The molecule has 3 aromatic carbocycles. The number of Topliss-reactive ketones (excluding diaryl/α,β-unsaturated/α-hetero) is 2. The number of carbonyl (C=O) groups excluding carboxylic acids is 3. The first-order chi connectivity index (χ1) is 22.7. The first-order valence-electron chi connectivity index (χ1n) is 16.6. The second-order valence-electron chi connectivity index (χ2n) is 14.7. The van der Waals surface area contributed by atoms with Gasteiger partial charge in [0.1, 0.15) is 5.76 Å². The van der Waals surface area contributed by atoms with Gasteiger partial charge < -0.3 is 25.4 Å². The molecular weight excluding hydrogens is 606 g/mol. The summed E-state index contributed by atoms with van der Waals surface area (Å²) in [5.41, 5.74) is 6.31. The molecule has 4 unspecified atom stereocenters. The van der Waals surface area contributed by atoms with Crippen LogP contribution in [0.25, 0.3) is 16.9 Å². The molecule has 0 aromatic heterocycles. The number of nitrogens with two attached hydrogens (primary N) is 1. The third-order valence-corrected chi connectivity index (χ3v) is 11.4. The number of ketones is 2.